The van der Waals surface area contributed by atoms with Crippen LogP contribution in [-0.2, 0) is 22.7 Å². The number of ether oxygens (including phenoxy) is 1. The Morgan fingerprint density at radius 2 is 1.91 bits per heavy atom. The van der Waals surface area contributed by atoms with Gasteiger partial charge in [-0.25, -0.2) is 0 Å². The summed E-state index contributed by atoms with van der Waals surface area (Å²) < 4.78 is 6.05. The third-order valence-electron chi connectivity index (χ3n) is 11.0. The van der Waals surface area contributed by atoms with E-state index >= 15 is 0 Å². The van der Waals surface area contributed by atoms with Gasteiger partial charge in [0.25, 0.3) is 0 Å². The fraction of sp³-hybridized carbons (Fsp3) is 0.639. The van der Waals surface area contributed by atoms with Gasteiger partial charge in [0.15, 0.2) is 0 Å². The minimum atomic E-state index is -0.851. The molecule has 4 fully saturated rings. The smallest absolute Gasteiger partial charge is 0.240 e. The number of hydrogen-bond donors (Lipinski definition) is 3. The van der Waals surface area contributed by atoms with E-state index in [1.807, 2.05) is 26.2 Å². The van der Waals surface area contributed by atoms with Gasteiger partial charge >= 0.3 is 0 Å². The Kier molecular flexibility index (Phi) is 9.88. The van der Waals surface area contributed by atoms with Crippen molar-refractivity contribution in [1.82, 2.24) is 15.3 Å². The Hall–Kier alpha value is -2.69. The van der Waals surface area contributed by atoms with Crippen LogP contribution in [-0.4, -0.2) is 92.3 Å². The Morgan fingerprint density at radius 3 is 2.49 bits per heavy atom. The second-order valence-electron chi connectivity index (χ2n) is 14.8. The first-order chi connectivity index (χ1) is 21.3. The van der Waals surface area contributed by atoms with Gasteiger partial charge < -0.3 is 30.1 Å². The zero-order valence-electron chi connectivity index (χ0n) is 28.6. The number of hydrogen-bond acceptors (Lipinski definition) is 8. The first-order valence-electron chi connectivity index (χ1n) is 16.4. The van der Waals surface area contributed by atoms with E-state index < -0.39 is 24.2 Å². The maximum atomic E-state index is 14.1. The highest BCUT2D eigenvalue weighted by molar-refractivity contribution is 5.83. The van der Waals surface area contributed by atoms with Crippen LogP contribution < -0.4 is 15.0 Å². The molecule has 1 heterocycles. The molecule has 1 aliphatic heterocycles. The van der Waals surface area contributed by atoms with Crippen molar-refractivity contribution in [2.24, 2.45) is 29.1 Å². The molecule has 248 valence electrons. The summed E-state index contributed by atoms with van der Waals surface area (Å²) >= 11 is 0. The highest BCUT2D eigenvalue weighted by Crippen LogP contribution is 2.61. The van der Waals surface area contributed by atoms with E-state index in [0.29, 0.717) is 28.9 Å². The molecule has 1 amide bonds. The molecule has 1 unspecified atom stereocenters. The van der Waals surface area contributed by atoms with Crippen LogP contribution in [0.4, 0.5) is 5.69 Å². The maximum Gasteiger partial charge on any atom is 0.240 e. The Balaban J connectivity index is 1.45. The Morgan fingerprint density at radius 1 is 1.18 bits per heavy atom. The Bertz CT molecular complexity index is 1360. The molecule has 4 aliphatic rings. The van der Waals surface area contributed by atoms with E-state index in [4.69, 9.17) is 9.57 Å². The minimum absolute atomic E-state index is 0.0807. The van der Waals surface area contributed by atoms with Crippen molar-refractivity contribution in [2.45, 2.75) is 77.9 Å². The van der Waals surface area contributed by atoms with Crippen LogP contribution in [0.5, 0.6) is 5.75 Å². The number of aliphatic hydroxyl groups is 2. The molecule has 2 aromatic rings. The summed E-state index contributed by atoms with van der Waals surface area (Å²) in [5, 5.41) is 26.1. The second kappa shape index (κ2) is 13.2. The fourth-order valence-corrected chi connectivity index (χ4v) is 8.37. The molecule has 1 saturated heterocycles. The summed E-state index contributed by atoms with van der Waals surface area (Å²) in [7, 11) is 9.86. The highest BCUT2D eigenvalue weighted by Gasteiger charge is 2.57. The summed E-state index contributed by atoms with van der Waals surface area (Å²) in [5.41, 5.74) is 5.44. The number of para-hydroxylation sites is 1. The zero-order chi connectivity index (χ0) is 32.8. The van der Waals surface area contributed by atoms with E-state index in [1.165, 1.54) is 12.0 Å². The average Bonchev–Trinajstić information content (AvgIpc) is 3.35. The lowest BCUT2D eigenvalue weighted by atomic mass is 9.45. The number of benzene rings is 2. The molecule has 3 aliphatic carbocycles. The second-order valence-corrected chi connectivity index (χ2v) is 14.8. The molecule has 9 nitrogen and oxygen atoms in total. The van der Waals surface area contributed by atoms with Gasteiger partial charge in [0.1, 0.15) is 17.9 Å². The maximum absolute atomic E-state index is 14.1. The van der Waals surface area contributed by atoms with Crippen LogP contribution in [0, 0.1) is 29.1 Å². The van der Waals surface area contributed by atoms with Crippen LogP contribution in [0.15, 0.2) is 36.4 Å². The van der Waals surface area contributed by atoms with Gasteiger partial charge in [-0.2, -0.15) is 5.06 Å². The van der Waals surface area contributed by atoms with Gasteiger partial charge in [-0.1, -0.05) is 39.0 Å². The molecule has 9 heteroatoms. The fourth-order valence-electron chi connectivity index (χ4n) is 8.37. The average molecular weight is 623 g/mol. The van der Waals surface area contributed by atoms with E-state index in [2.05, 4.69) is 74.2 Å². The predicted molar refractivity (Wildman–Crippen MR) is 178 cm³/mol. The first-order valence-corrected chi connectivity index (χ1v) is 16.4. The van der Waals surface area contributed by atoms with Crippen molar-refractivity contribution >= 4 is 11.6 Å². The minimum Gasteiger partial charge on any atom is -0.496 e. The zero-order valence-corrected chi connectivity index (χ0v) is 28.6. The van der Waals surface area contributed by atoms with E-state index in [-0.39, 0.29) is 25.1 Å². The number of carbonyl (C=O) groups is 1. The number of nitrogens with zero attached hydrogens (tertiary/aromatic N) is 3. The lowest BCUT2D eigenvalue weighted by Gasteiger charge is -2.62. The third kappa shape index (κ3) is 6.47. The van der Waals surface area contributed by atoms with Crippen molar-refractivity contribution in [2.75, 3.05) is 46.8 Å². The lowest BCUT2D eigenvalue weighted by Crippen LogP contribution is -2.62. The number of carbonyl (C=O) groups excluding carboxylic acids is 1. The van der Waals surface area contributed by atoms with Crippen molar-refractivity contribution < 1.29 is 24.6 Å². The summed E-state index contributed by atoms with van der Waals surface area (Å²) in [6.07, 6.45) is 0.643. The van der Waals surface area contributed by atoms with Gasteiger partial charge in [-0.15, -0.1) is 0 Å². The molecule has 0 radical (unpaired) electrons. The van der Waals surface area contributed by atoms with Crippen molar-refractivity contribution in [3.63, 3.8) is 0 Å². The SMILES string of the molecule is COc1c(CN2O[C@@H](CO)[C@@H]([C@H](C)O)C2C(=O)N[C@@H]2C[C@H]3C[C@@H]([C@@H]2C)C3(C)C)cccc1-c1cc(CN(C)C)cc(N(C)C)c1. The van der Waals surface area contributed by atoms with Gasteiger partial charge in [-0.3, -0.25) is 9.63 Å². The van der Waals surface area contributed by atoms with Crippen molar-refractivity contribution in [3.8, 4) is 16.9 Å². The van der Waals surface area contributed by atoms with Gasteiger partial charge in [0.05, 0.1) is 26.4 Å². The number of methoxy groups -OCH3 is 1. The molecule has 6 rings (SSSR count). The molecule has 0 spiro atoms. The molecule has 3 saturated carbocycles. The molecule has 3 N–H and O–H groups in total. The van der Waals surface area contributed by atoms with E-state index in [9.17, 15) is 15.0 Å². The van der Waals surface area contributed by atoms with Crippen LogP contribution >= 0.6 is 0 Å². The molecule has 45 heavy (non-hydrogen) atoms. The van der Waals surface area contributed by atoms with Crippen LogP contribution in [0.1, 0.15) is 51.7 Å². The van der Waals surface area contributed by atoms with E-state index in [0.717, 1.165) is 35.3 Å². The lowest BCUT2D eigenvalue weighted by molar-refractivity contribution is -0.183. The standard InChI is InChI=1S/C36H54N4O5/c1-21-29-16-26(36(29,3)4)17-30(21)37-35(43)33-32(22(2)42)31(20-41)45-40(33)19-24-11-10-12-28(34(24)44-9)25-13-23(18-38(5)6)14-27(15-25)39(7)8/h10-15,21-22,26,29-33,41-42H,16-20H2,1-9H3,(H,37,43)/t21-,22-,26+,29-,30+,31-,32+,33?/m0/s1. The predicted octanol–water partition coefficient (Wildman–Crippen LogP) is 4.15. The van der Waals surface area contributed by atoms with Crippen LogP contribution in [0.2, 0.25) is 0 Å². The van der Waals surface area contributed by atoms with E-state index in [1.54, 1.807) is 19.1 Å². The number of anilines is 1. The number of aliphatic hydroxyl groups excluding tert-OH is 2. The quantitative estimate of drug-likeness (QED) is 0.344. The summed E-state index contributed by atoms with van der Waals surface area (Å²) in [6, 6.07) is 11.9. The normalized spacial score (nSPS) is 29.7. The number of fused-ring (bicyclic) bond motifs is 2. The Labute approximate surface area is 269 Å². The topological polar surface area (TPSA) is 97.7 Å². The number of nitrogens with one attached hydrogen (secondary N) is 1. The first kappa shape index (κ1) is 33.7. The van der Waals surface area contributed by atoms with Gasteiger partial charge in [0, 0.05) is 49.4 Å². The number of hydroxylamine groups is 2. The summed E-state index contributed by atoms with van der Waals surface area (Å²) in [6.45, 7) is 9.39. The van der Waals surface area contributed by atoms with Gasteiger partial charge in [-0.05, 0) is 86.4 Å². The molecule has 2 bridgehead atoms. The summed E-state index contributed by atoms with van der Waals surface area (Å²) in [5.74, 6) is 1.53. The summed E-state index contributed by atoms with van der Waals surface area (Å²) in [4.78, 5) is 24.6. The molecular weight excluding hydrogens is 568 g/mol. The highest BCUT2D eigenvalue weighted by atomic mass is 16.7. The largest absolute Gasteiger partial charge is 0.496 e. The van der Waals surface area contributed by atoms with Crippen molar-refractivity contribution in [1.29, 1.82) is 0 Å². The monoisotopic (exact) mass is 622 g/mol. The molecule has 2 aromatic carbocycles. The number of amides is 1. The molecular formula is C36H54N4O5. The van der Waals surface area contributed by atoms with Crippen LogP contribution in [0.25, 0.3) is 11.1 Å². The van der Waals surface area contributed by atoms with Gasteiger partial charge in [0.2, 0.25) is 5.91 Å². The molecule has 0 aromatic heterocycles. The third-order valence-corrected chi connectivity index (χ3v) is 11.0. The van der Waals surface area contributed by atoms with Crippen molar-refractivity contribution in [3.05, 3.63) is 47.5 Å². The van der Waals surface area contributed by atoms with Crippen LogP contribution in [0.3, 0.4) is 0 Å². The number of rotatable bonds is 11. The molecule has 8 atom stereocenters.